The summed E-state index contributed by atoms with van der Waals surface area (Å²) in [5.74, 6) is 0. The third-order valence-corrected chi connectivity index (χ3v) is 3.10. The Hall–Kier alpha value is -1.96. The van der Waals surface area contributed by atoms with Crippen molar-refractivity contribution in [2.45, 2.75) is 20.3 Å². The Morgan fingerprint density at radius 2 is 1.18 bits per heavy atom. The summed E-state index contributed by atoms with van der Waals surface area (Å²) in [5, 5.41) is 0. The lowest BCUT2D eigenvalue weighted by molar-refractivity contribution is 1.18. The van der Waals surface area contributed by atoms with Gasteiger partial charge in [0, 0.05) is 11.4 Å². The summed E-state index contributed by atoms with van der Waals surface area (Å²) in [5.41, 5.74) is 18.2. The van der Waals surface area contributed by atoms with Gasteiger partial charge in [0.05, 0.1) is 0 Å². The Kier molecular flexibility index (Phi) is 3.05. The standard InChI is InChI=1S/C15H18N2/c1-10-3-5-12(8-14(10)16)7-13-6-4-11(2)15(17)9-13/h3-6,8-9H,7,16-17H2,1-2H3. The third kappa shape index (κ3) is 2.59. The van der Waals surface area contributed by atoms with Crippen LogP contribution in [0.1, 0.15) is 22.3 Å². The summed E-state index contributed by atoms with van der Waals surface area (Å²) in [6.07, 6.45) is 0.870. The molecule has 2 rings (SSSR count). The van der Waals surface area contributed by atoms with E-state index in [0.717, 1.165) is 28.9 Å². The first-order chi connectivity index (χ1) is 8.06. The minimum atomic E-state index is 0.850. The van der Waals surface area contributed by atoms with E-state index in [-0.39, 0.29) is 0 Å². The molecule has 0 bridgehead atoms. The molecule has 0 atom stereocenters. The molecular formula is C15H18N2. The highest BCUT2D eigenvalue weighted by molar-refractivity contribution is 5.51. The first kappa shape index (κ1) is 11.5. The van der Waals surface area contributed by atoms with Crippen molar-refractivity contribution in [2.75, 3.05) is 11.5 Å². The van der Waals surface area contributed by atoms with Crippen molar-refractivity contribution >= 4 is 11.4 Å². The number of hydrogen-bond acceptors (Lipinski definition) is 2. The summed E-state index contributed by atoms with van der Waals surface area (Å²) >= 11 is 0. The molecule has 0 aliphatic carbocycles. The van der Waals surface area contributed by atoms with Crippen molar-refractivity contribution in [3.05, 3.63) is 58.7 Å². The average molecular weight is 226 g/mol. The molecule has 2 aromatic rings. The van der Waals surface area contributed by atoms with Gasteiger partial charge in [-0.05, 0) is 54.7 Å². The van der Waals surface area contributed by atoms with Gasteiger partial charge >= 0.3 is 0 Å². The van der Waals surface area contributed by atoms with Crippen LogP contribution in [0.2, 0.25) is 0 Å². The zero-order valence-electron chi connectivity index (χ0n) is 10.3. The van der Waals surface area contributed by atoms with Crippen LogP contribution < -0.4 is 11.5 Å². The number of nitrogens with two attached hydrogens (primary N) is 2. The van der Waals surface area contributed by atoms with Gasteiger partial charge in [-0.2, -0.15) is 0 Å². The van der Waals surface area contributed by atoms with E-state index in [1.165, 1.54) is 11.1 Å². The lowest BCUT2D eigenvalue weighted by Crippen LogP contribution is -1.96. The van der Waals surface area contributed by atoms with Crippen LogP contribution >= 0.6 is 0 Å². The fraction of sp³-hybridized carbons (Fsp3) is 0.200. The predicted molar refractivity (Wildman–Crippen MR) is 74.0 cm³/mol. The molecule has 0 radical (unpaired) electrons. The second kappa shape index (κ2) is 4.50. The zero-order chi connectivity index (χ0) is 12.4. The number of benzene rings is 2. The quantitative estimate of drug-likeness (QED) is 0.773. The number of rotatable bonds is 2. The van der Waals surface area contributed by atoms with Gasteiger partial charge in [-0.15, -0.1) is 0 Å². The molecule has 0 amide bonds. The van der Waals surface area contributed by atoms with E-state index < -0.39 is 0 Å². The minimum Gasteiger partial charge on any atom is -0.399 e. The van der Waals surface area contributed by atoms with E-state index >= 15 is 0 Å². The minimum absolute atomic E-state index is 0.850. The first-order valence-corrected chi connectivity index (χ1v) is 5.76. The maximum atomic E-state index is 5.90. The van der Waals surface area contributed by atoms with Gasteiger partial charge in [0.15, 0.2) is 0 Å². The van der Waals surface area contributed by atoms with Crippen LogP contribution in [-0.4, -0.2) is 0 Å². The maximum absolute atomic E-state index is 5.90. The predicted octanol–water partition coefficient (Wildman–Crippen LogP) is 3.06. The molecule has 2 heteroatoms. The summed E-state index contributed by atoms with van der Waals surface area (Å²) in [4.78, 5) is 0. The van der Waals surface area contributed by atoms with Gasteiger partial charge in [0.1, 0.15) is 0 Å². The summed E-state index contributed by atoms with van der Waals surface area (Å²) < 4.78 is 0. The zero-order valence-corrected chi connectivity index (χ0v) is 10.3. The smallest absolute Gasteiger partial charge is 0.0346 e. The highest BCUT2D eigenvalue weighted by Crippen LogP contribution is 2.19. The molecule has 0 aromatic heterocycles. The topological polar surface area (TPSA) is 52.0 Å². The maximum Gasteiger partial charge on any atom is 0.0346 e. The van der Waals surface area contributed by atoms with Crippen molar-refractivity contribution in [3.8, 4) is 0 Å². The number of hydrogen-bond donors (Lipinski definition) is 2. The molecule has 17 heavy (non-hydrogen) atoms. The monoisotopic (exact) mass is 226 g/mol. The largest absolute Gasteiger partial charge is 0.399 e. The SMILES string of the molecule is Cc1ccc(Cc2ccc(C)c(N)c2)cc1N. The van der Waals surface area contributed by atoms with Gasteiger partial charge in [-0.1, -0.05) is 24.3 Å². The van der Waals surface area contributed by atoms with E-state index in [4.69, 9.17) is 11.5 Å². The number of nitrogen functional groups attached to an aromatic ring is 2. The van der Waals surface area contributed by atoms with E-state index in [1.807, 2.05) is 26.0 Å². The lowest BCUT2D eigenvalue weighted by Gasteiger charge is -2.07. The Labute approximate surface area is 102 Å². The summed E-state index contributed by atoms with van der Waals surface area (Å²) in [6, 6.07) is 12.4. The van der Waals surface area contributed by atoms with Crippen LogP contribution in [0, 0.1) is 13.8 Å². The second-order valence-electron chi connectivity index (χ2n) is 4.56. The first-order valence-electron chi connectivity index (χ1n) is 5.76. The van der Waals surface area contributed by atoms with Gasteiger partial charge in [-0.3, -0.25) is 0 Å². The molecule has 0 fully saturated rings. The van der Waals surface area contributed by atoms with Crippen molar-refractivity contribution < 1.29 is 0 Å². The van der Waals surface area contributed by atoms with Crippen molar-refractivity contribution in [1.29, 1.82) is 0 Å². The van der Waals surface area contributed by atoms with Gasteiger partial charge < -0.3 is 11.5 Å². The third-order valence-electron chi connectivity index (χ3n) is 3.10. The lowest BCUT2D eigenvalue weighted by atomic mass is 10.0. The van der Waals surface area contributed by atoms with Crippen molar-refractivity contribution in [2.24, 2.45) is 0 Å². The Bertz CT molecular complexity index is 495. The molecule has 0 saturated heterocycles. The van der Waals surface area contributed by atoms with Gasteiger partial charge in [0.2, 0.25) is 0 Å². The Balaban J connectivity index is 2.25. The van der Waals surface area contributed by atoms with Crippen LogP contribution in [0.5, 0.6) is 0 Å². The van der Waals surface area contributed by atoms with E-state index in [1.54, 1.807) is 0 Å². The summed E-state index contributed by atoms with van der Waals surface area (Å²) in [6.45, 7) is 4.03. The van der Waals surface area contributed by atoms with Crippen LogP contribution in [0.3, 0.4) is 0 Å². The molecule has 0 saturated carbocycles. The average Bonchev–Trinajstić information content (AvgIpc) is 2.29. The fourth-order valence-electron chi connectivity index (χ4n) is 1.84. The number of anilines is 2. The van der Waals surface area contributed by atoms with E-state index in [9.17, 15) is 0 Å². The van der Waals surface area contributed by atoms with Crippen molar-refractivity contribution in [1.82, 2.24) is 0 Å². The van der Waals surface area contributed by atoms with E-state index in [0.29, 0.717) is 0 Å². The van der Waals surface area contributed by atoms with Gasteiger partial charge in [0.25, 0.3) is 0 Å². The molecule has 0 heterocycles. The molecule has 0 spiro atoms. The Morgan fingerprint density at radius 1 is 0.765 bits per heavy atom. The second-order valence-corrected chi connectivity index (χ2v) is 4.56. The van der Waals surface area contributed by atoms with Crippen LogP contribution in [0.15, 0.2) is 36.4 Å². The highest BCUT2D eigenvalue weighted by Gasteiger charge is 2.01. The molecular weight excluding hydrogens is 208 g/mol. The molecule has 2 aromatic carbocycles. The van der Waals surface area contributed by atoms with Crippen LogP contribution in [0.4, 0.5) is 11.4 Å². The van der Waals surface area contributed by atoms with Crippen LogP contribution in [0.25, 0.3) is 0 Å². The van der Waals surface area contributed by atoms with Crippen molar-refractivity contribution in [3.63, 3.8) is 0 Å². The normalized spacial score (nSPS) is 10.5. The number of aryl methyl sites for hydroxylation is 2. The molecule has 0 aliphatic heterocycles. The Morgan fingerprint density at radius 3 is 1.53 bits per heavy atom. The van der Waals surface area contributed by atoms with Crippen LogP contribution in [-0.2, 0) is 6.42 Å². The molecule has 88 valence electrons. The highest BCUT2D eigenvalue weighted by atomic mass is 14.6. The van der Waals surface area contributed by atoms with Gasteiger partial charge in [-0.25, -0.2) is 0 Å². The molecule has 0 unspecified atom stereocenters. The molecule has 0 aliphatic rings. The molecule has 4 N–H and O–H groups in total. The summed E-state index contributed by atoms with van der Waals surface area (Å²) in [7, 11) is 0. The molecule has 2 nitrogen and oxygen atoms in total. The van der Waals surface area contributed by atoms with E-state index in [2.05, 4.69) is 24.3 Å². The fourth-order valence-corrected chi connectivity index (χ4v) is 1.84.